The molecule has 0 atom stereocenters. The zero-order valence-electron chi connectivity index (χ0n) is 7.04. The van der Waals surface area contributed by atoms with Gasteiger partial charge in [-0.25, -0.2) is 4.79 Å². The molecule has 0 unspecified atom stereocenters. The normalized spacial score (nSPS) is 7.45. The third-order valence-electron chi connectivity index (χ3n) is 0. The Kier molecular flexibility index (Phi) is 22.0. The van der Waals surface area contributed by atoms with E-state index in [9.17, 15) is 0 Å². The first-order chi connectivity index (χ1) is 3.73. The van der Waals surface area contributed by atoms with Crippen molar-refractivity contribution in [1.82, 2.24) is 0 Å². The van der Waals surface area contributed by atoms with E-state index >= 15 is 0 Å². The maximum atomic E-state index is 8.74. The molecule has 0 aromatic heterocycles. The van der Waals surface area contributed by atoms with Gasteiger partial charge in [0, 0.05) is 0 Å². The molecule has 0 saturated carbocycles. The molecule has 0 aromatic carbocycles. The molecule has 0 saturated heterocycles. The van der Waals surface area contributed by atoms with E-state index in [-0.39, 0.29) is 53.0 Å². The van der Waals surface area contributed by atoms with Crippen LogP contribution in [0.25, 0.3) is 0 Å². The predicted octanol–water partition coefficient (Wildman–Crippen LogP) is -0.164. The van der Waals surface area contributed by atoms with Gasteiger partial charge in [0.15, 0.2) is 0 Å². The monoisotopic (exact) mass is 238 g/mol. The average Bonchev–Trinajstić information content (AvgIpc) is 1.19. The molecule has 4 N–H and O–H groups in total. The maximum absolute atomic E-state index is 8.74. The van der Waals surface area contributed by atoms with E-state index < -0.39 is 16.6 Å². The minimum Gasteiger partial charge on any atom is -1.00 e. The van der Waals surface area contributed by atoms with Gasteiger partial charge >= 0.3 is 54.3 Å². The Bertz CT molecular complexity index is 169. The number of rotatable bonds is 0. The standard InChI is InChI=1S/CH2O3.Ca.ClH.H2O4S.2H/c2-1(3)4;;;1-5(2,3)4;;/h(H2,2,3,4);;1H;(H2,1,2,3,4);;/q;+2;;;2*-1. The largest absolute Gasteiger partial charge is 2.00 e. The van der Waals surface area contributed by atoms with Crippen LogP contribution in [0.15, 0.2) is 0 Å². The van der Waals surface area contributed by atoms with Crippen molar-refractivity contribution in [1.29, 1.82) is 0 Å². The van der Waals surface area contributed by atoms with Gasteiger partial charge in [0.1, 0.15) is 0 Å². The molecule has 10 heteroatoms. The van der Waals surface area contributed by atoms with E-state index in [4.69, 9.17) is 32.5 Å². The molecule has 0 rings (SSSR count). The van der Waals surface area contributed by atoms with Crippen LogP contribution >= 0.6 is 12.4 Å². The summed E-state index contributed by atoms with van der Waals surface area (Å²) in [6, 6.07) is 0. The second-order valence-corrected chi connectivity index (χ2v) is 1.63. The summed E-state index contributed by atoms with van der Waals surface area (Å²) in [6.07, 6.45) is -1.83. The van der Waals surface area contributed by atoms with Gasteiger partial charge in [-0.3, -0.25) is 9.11 Å². The summed E-state index contributed by atoms with van der Waals surface area (Å²) in [5, 5.41) is 13.9. The Morgan fingerprint density at radius 1 is 1.18 bits per heavy atom. The van der Waals surface area contributed by atoms with Crippen LogP contribution in [0.2, 0.25) is 0 Å². The van der Waals surface area contributed by atoms with Crippen LogP contribution in [0.4, 0.5) is 4.79 Å². The van der Waals surface area contributed by atoms with Gasteiger partial charge in [-0.15, -0.1) is 12.4 Å². The Labute approximate surface area is 101 Å². The fraction of sp³-hybridized carbons (Fsp3) is 0. The van der Waals surface area contributed by atoms with Crippen molar-refractivity contribution >= 4 is 66.7 Å². The van der Waals surface area contributed by atoms with Gasteiger partial charge in [-0.1, -0.05) is 0 Å². The van der Waals surface area contributed by atoms with Crippen LogP contribution in [-0.2, 0) is 10.4 Å². The zero-order chi connectivity index (χ0) is 8.08. The Hall–Kier alpha value is 0.690. The Morgan fingerprint density at radius 2 is 1.18 bits per heavy atom. The van der Waals surface area contributed by atoms with Gasteiger partial charge < -0.3 is 13.1 Å². The first-order valence-electron chi connectivity index (χ1n) is 1.35. The fourth-order valence-electron chi connectivity index (χ4n) is 0. The smallest absolute Gasteiger partial charge is 1.00 e. The van der Waals surface area contributed by atoms with Crippen LogP contribution in [0.1, 0.15) is 2.85 Å². The molecule has 7 nitrogen and oxygen atoms in total. The second kappa shape index (κ2) is 10.7. The summed E-state index contributed by atoms with van der Waals surface area (Å²) < 4.78 is 31.6. The van der Waals surface area contributed by atoms with Crippen molar-refractivity contribution in [3.8, 4) is 0 Å². The van der Waals surface area contributed by atoms with E-state index in [0.29, 0.717) is 0 Å². The minimum atomic E-state index is -4.67. The number of hydrogen-bond acceptors (Lipinski definition) is 3. The van der Waals surface area contributed by atoms with Crippen molar-refractivity contribution in [2.24, 2.45) is 0 Å². The van der Waals surface area contributed by atoms with Crippen LogP contribution in [-0.4, -0.2) is 71.6 Å². The average molecular weight is 239 g/mol. The molecule has 0 heterocycles. The third kappa shape index (κ3) is 1700. The number of halogens is 1. The van der Waals surface area contributed by atoms with Crippen LogP contribution in [0.3, 0.4) is 0 Å². The first kappa shape index (κ1) is 22.6. The molecular weight excluding hydrogens is 232 g/mol. The number of hydrogen-bond donors (Lipinski definition) is 4. The molecule has 0 aliphatic heterocycles. The molecule has 0 fully saturated rings. The fourth-order valence-corrected chi connectivity index (χ4v) is 0. The molecule has 0 aromatic rings. The van der Waals surface area contributed by atoms with Gasteiger partial charge in [0.05, 0.1) is 0 Å². The third-order valence-corrected chi connectivity index (χ3v) is 0. The summed E-state index contributed by atoms with van der Waals surface area (Å²) in [5.41, 5.74) is 0. The van der Waals surface area contributed by atoms with Crippen LogP contribution < -0.4 is 0 Å². The van der Waals surface area contributed by atoms with Crippen molar-refractivity contribution < 1.29 is 35.4 Å². The molecule has 0 aliphatic carbocycles. The Balaban J connectivity index is -0.0000000146. The van der Waals surface area contributed by atoms with Gasteiger partial charge in [-0.05, 0) is 0 Å². The molecular formula is CH7CaClO7S. The van der Waals surface area contributed by atoms with Gasteiger partial charge in [-0.2, -0.15) is 8.42 Å². The van der Waals surface area contributed by atoms with E-state index in [0.717, 1.165) is 0 Å². The molecule has 0 radical (unpaired) electrons. The predicted molar refractivity (Wildman–Crippen MR) is 40.1 cm³/mol. The topological polar surface area (TPSA) is 132 Å². The summed E-state index contributed by atoms with van der Waals surface area (Å²) in [5.74, 6) is 0. The maximum Gasteiger partial charge on any atom is 2.00 e. The van der Waals surface area contributed by atoms with Gasteiger partial charge in [0.25, 0.3) is 0 Å². The van der Waals surface area contributed by atoms with E-state index in [1.165, 1.54) is 0 Å². The van der Waals surface area contributed by atoms with Gasteiger partial charge in [0.2, 0.25) is 0 Å². The number of carbonyl (C=O) groups is 1. The number of carboxylic acid groups (broad SMARTS) is 2. The van der Waals surface area contributed by atoms with Crippen molar-refractivity contribution in [3.63, 3.8) is 0 Å². The van der Waals surface area contributed by atoms with Crippen LogP contribution in [0.5, 0.6) is 0 Å². The van der Waals surface area contributed by atoms with E-state index in [1.807, 2.05) is 0 Å². The summed E-state index contributed by atoms with van der Waals surface area (Å²) in [7, 11) is -4.67. The zero-order valence-corrected chi connectivity index (χ0v) is 8.88. The van der Waals surface area contributed by atoms with Crippen LogP contribution in [0, 0.1) is 0 Å². The summed E-state index contributed by atoms with van der Waals surface area (Å²) in [6.45, 7) is 0. The minimum absolute atomic E-state index is 0. The molecule has 0 spiro atoms. The molecule has 0 aliphatic rings. The van der Waals surface area contributed by atoms with E-state index in [1.54, 1.807) is 0 Å². The molecule has 0 bridgehead atoms. The summed E-state index contributed by atoms with van der Waals surface area (Å²) in [4.78, 5) is 8.56. The SMILES string of the molecule is Cl.O=C(O)O.O=S(=O)(O)O.[Ca+2].[H-].[H-]. The summed E-state index contributed by atoms with van der Waals surface area (Å²) >= 11 is 0. The second-order valence-electron chi connectivity index (χ2n) is 0.730. The van der Waals surface area contributed by atoms with Crippen molar-refractivity contribution in [2.75, 3.05) is 0 Å². The quantitative estimate of drug-likeness (QED) is 0.340. The molecule has 68 valence electrons. The Morgan fingerprint density at radius 3 is 1.18 bits per heavy atom. The molecule has 0 amide bonds. The molecule has 11 heavy (non-hydrogen) atoms. The first-order valence-corrected chi connectivity index (χ1v) is 2.75. The van der Waals surface area contributed by atoms with Crippen molar-refractivity contribution in [2.45, 2.75) is 0 Å². The van der Waals surface area contributed by atoms with Crippen molar-refractivity contribution in [3.05, 3.63) is 0 Å². The van der Waals surface area contributed by atoms with E-state index in [2.05, 4.69) is 0 Å².